The molecule has 0 amide bonds. The smallest absolute Gasteiger partial charge is 0.126 e. The molecular formula is C14H18ClNO2S. The molecule has 0 aliphatic rings. The second-order valence-corrected chi connectivity index (χ2v) is 6.49. The van der Waals surface area contributed by atoms with Crippen LogP contribution in [0.2, 0.25) is 4.34 Å². The number of thiophene rings is 1. The molecular weight excluding hydrogens is 282 g/mol. The molecule has 0 spiro atoms. The summed E-state index contributed by atoms with van der Waals surface area (Å²) in [6.45, 7) is 3.85. The van der Waals surface area contributed by atoms with Crippen molar-refractivity contribution < 1.29 is 9.52 Å². The van der Waals surface area contributed by atoms with Crippen LogP contribution in [0.25, 0.3) is 0 Å². The quantitative estimate of drug-likeness (QED) is 0.852. The number of halogens is 1. The normalized spacial score (nSPS) is 16.2. The predicted octanol–water partition coefficient (Wildman–Crippen LogP) is 3.83. The fraction of sp³-hybridized carbons (Fsp3) is 0.429. The molecule has 0 saturated heterocycles. The standard InChI is InChI=1S/C14H18ClNO2S/c1-9(8-10(2)17)16-14(11-4-3-7-18-11)12-5-6-13(15)19-12/h3-7,9-10,14,16-17H,8H2,1-2H3. The van der Waals surface area contributed by atoms with E-state index >= 15 is 0 Å². The van der Waals surface area contributed by atoms with E-state index in [9.17, 15) is 5.11 Å². The van der Waals surface area contributed by atoms with Gasteiger partial charge in [-0.05, 0) is 44.5 Å². The van der Waals surface area contributed by atoms with Crippen molar-refractivity contribution in [1.29, 1.82) is 0 Å². The van der Waals surface area contributed by atoms with Crippen molar-refractivity contribution in [3.05, 3.63) is 45.5 Å². The third kappa shape index (κ3) is 4.08. The summed E-state index contributed by atoms with van der Waals surface area (Å²) in [5.41, 5.74) is 0. The van der Waals surface area contributed by atoms with E-state index in [1.54, 1.807) is 13.2 Å². The molecule has 19 heavy (non-hydrogen) atoms. The monoisotopic (exact) mass is 299 g/mol. The topological polar surface area (TPSA) is 45.4 Å². The van der Waals surface area contributed by atoms with Gasteiger partial charge in [0.15, 0.2) is 0 Å². The molecule has 104 valence electrons. The van der Waals surface area contributed by atoms with E-state index in [-0.39, 0.29) is 18.2 Å². The van der Waals surface area contributed by atoms with Crippen molar-refractivity contribution >= 4 is 22.9 Å². The Morgan fingerprint density at radius 3 is 2.68 bits per heavy atom. The van der Waals surface area contributed by atoms with E-state index in [1.165, 1.54) is 11.3 Å². The van der Waals surface area contributed by atoms with Crippen LogP contribution in [0.5, 0.6) is 0 Å². The van der Waals surface area contributed by atoms with Crippen molar-refractivity contribution in [3.8, 4) is 0 Å². The highest BCUT2D eigenvalue weighted by Crippen LogP contribution is 2.31. The van der Waals surface area contributed by atoms with E-state index in [2.05, 4.69) is 12.2 Å². The fourth-order valence-electron chi connectivity index (χ4n) is 2.11. The molecule has 2 heterocycles. The summed E-state index contributed by atoms with van der Waals surface area (Å²) in [7, 11) is 0. The van der Waals surface area contributed by atoms with Crippen LogP contribution in [0, 0.1) is 0 Å². The minimum Gasteiger partial charge on any atom is -0.467 e. The lowest BCUT2D eigenvalue weighted by Crippen LogP contribution is -2.33. The van der Waals surface area contributed by atoms with Crippen molar-refractivity contribution in [2.24, 2.45) is 0 Å². The first-order chi connectivity index (χ1) is 9.06. The van der Waals surface area contributed by atoms with Crippen molar-refractivity contribution in [1.82, 2.24) is 5.32 Å². The van der Waals surface area contributed by atoms with Crippen LogP contribution in [-0.2, 0) is 0 Å². The average molecular weight is 300 g/mol. The average Bonchev–Trinajstić information content (AvgIpc) is 2.95. The van der Waals surface area contributed by atoms with E-state index < -0.39 is 0 Å². The summed E-state index contributed by atoms with van der Waals surface area (Å²) in [5.74, 6) is 0.857. The lowest BCUT2D eigenvalue weighted by molar-refractivity contribution is 0.168. The molecule has 2 N–H and O–H groups in total. The maximum atomic E-state index is 9.46. The number of nitrogens with one attached hydrogen (secondary N) is 1. The van der Waals surface area contributed by atoms with Crippen LogP contribution < -0.4 is 5.32 Å². The fourth-order valence-corrected chi connectivity index (χ4v) is 3.24. The number of furan rings is 1. The third-order valence-electron chi connectivity index (χ3n) is 2.85. The van der Waals surface area contributed by atoms with Gasteiger partial charge in [0.25, 0.3) is 0 Å². The van der Waals surface area contributed by atoms with Crippen molar-refractivity contribution in [3.63, 3.8) is 0 Å². The van der Waals surface area contributed by atoms with Crippen LogP contribution in [0.4, 0.5) is 0 Å². The van der Waals surface area contributed by atoms with Gasteiger partial charge in [-0.3, -0.25) is 0 Å². The molecule has 0 aliphatic heterocycles. The highest BCUT2D eigenvalue weighted by molar-refractivity contribution is 7.16. The van der Waals surface area contributed by atoms with Crippen LogP contribution in [-0.4, -0.2) is 17.3 Å². The Hall–Kier alpha value is -0.810. The van der Waals surface area contributed by atoms with Crippen LogP contribution in [0.15, 0.2) is 34.9 Å². The number of hydrogen-bond acceptors (Lipinski definition) is 4. The Balaban J connectivity index is 2.16. The lowest BCUT2D eigenvalue weighted by Gasteiger charge is -2.22. The molecule has 2 aromatic rings. The highest BCUT2D eigenvalue weighted by atomic mass is 35.5. The van der Waals surface area contributed by atoms with E-state index in [4.69, 9.17) is 16.0 Å². The molecule has 3 nitrogen and oxygen atoms in total. The van der Waals surface area contributed by atoms with E-state index in [0.29, 0.717) is 6.42 Å². The van der Waals surface area contributed by atoms with Crippen LogP contribution in [0.1, 0.15) is 36.9 Å². The van der Waals surface area contributed by atoms with Gasteiger partial charge in [0.05, 0.1) is 16.7 Å². The van der Waals surface area contributed by atoms with Crippen LogP contribution in [0.3, 0.4) is 0 Å². The first kappa shape index (κ1) is 14.6. The summed E-state index contributed by atoms with van der Waals surface area (Å²) in [5, 5.41) is 12.9. The van der Waals surface area contributed by atoms with Gasteiger partial charge in [0.1, 0.15) is 11.8 Å². The molecule has 0 aromatic carbocycles. The minimum atomic E-state index is -0.327. The number of aliphatic hydroxyl groups is 1. The summed E-state index contributed by atoms with van der Waals surface area (Å²) in [4.78, 5) is 1.11. The Morgan fingerprint density at radius 2 is 2.16 bits per heavy atom. The number of rotatable bonds is 6. The Bertz CT molecular complexity index is 495. The number of aliphatic hydroxyl groups excluding tert-OH is 1. The first-order valence-electron chi connectivity index (χ1n) is 6.29. The molecule has 0 aliphatic carbocycles. The van der Waals surface area contributed by atoms with Gasteiger partial charge in [-0.25, -0.2) is 0 Å². The first-order valence-corrected chi connectivity index (χ1v) is 7.48. The summed E-state index contributed by atoms with van der Waals surface area (Å²) >= 11 is 7.54. The minimum absolute atomic E-state index is 0.0266. The summed E-state index contributed by atoms with van der Waals surface area (Å²) in [6.07, 6.45) is 2.03. The van der Waals surface area contributed by atoms with Gasteiger partial charge < -0.3 is 14.8 Å². The summed E-state index contributed by atoms with van der Waals surface area (Å²) in [6, 6.07) is 7.86. The predicted molar refractivity (Wildman–Crippen MR) is 78.8 cm³/mol. The molecule has 5 heteroatoms. The van der Waals surface area contributed by atoms with E-state index in [1.807, 2.05) is 24.3 Å². The van der Waals surface area contributed by atoms with Gasteiger partial charge in [-0.1, -0.05) is 11.6 Å². The Morgan fingerprint density at radius 1 is 1.37 bits per heavy atom. The van der Waals surface area contributed by atoms with Crippen LogP contribution >= 0.6 is 22.9 Å². The van der Waals surface area contributed by atoms with Gasteiger partial charge >= 0.3 is 0 Å². The Kier molecular flexibility index (Phi) is 5.05. The van der Waals surface area contributed by atoms with Gasteiger partial charge in [-0.15, -0.1) is 11.3 Å². The third-order valence-corrected chi connectivity index (χ3v) is 4.15. The molecule has 0 bridgehead atoms. The van der Waals surface area contributed by atoms with Crippen molar-refractivity contribution in [2.45, 2.75) is 38.5 Å². The molecule has 0 fully saturated rings. The molecule has 0 saturated carbocycles. The highest BCUT2D eigenvalue weighted by Gasteiger charge is 2.21. The van der Waals surface area contributed by atoms with Gasteiger partial charge in [0.2, 0.25) is 0 Å². The molecule has 3 atom stereocenters. The molecule has 0 radical (unpaired) electrons. The van der Waals surface area contributed by atoms with Gasteiger partial charge in [-0.2, -0.15) is 0 Å². The van der Waals surface area contributed by atoms with Crippen molar-refractivity contribution in [2.75, 3.05) is 0 Å². The lowest BCUT2D eigenvalue weighted by atomic mass is 10.1. The Labute approximate surface area is 122 Å². The zero-order valence-corrected chi connectivity index (χ0v) is 12.5. The summed E-state index contributed by atoms with van der Waals surface area (Å²) < 4.78 is 6.26. The number of hydrogen-bond donors (Lipinski definition) is 2. The largest absolute Gasteiger partial charge is 0.467 e. The second-order valence-electron chi connectivity index (χ2n) is 4.74. The molecule has 2 aromatic heterocycles. The zero-order valence-electron chi connectivity index (χ0n) is 11.0. The van der Waals surface area contributed by atoms with Gasteiger partial charge in [0, 0.05) is 10.9 Å². The van der Waals surface area contributed by atoms with E-state index in [0.717, 1.165) is 15.0 Å². The SMILES string of the molecule is CC(O)CC(C)NC(c1ccco1)c1ccc(Cl)s1. The zero-order chi connectivity index (χ0) is 13.8. The molecule has 3 unspecified atom stereocenters. The maximum Gasteiger partial charge on any atom is 0.126 e. The molecule has 2 rings (SSSR count). The maximum absolute atomic E-state index is 9.46. The second kappa shape index (κ2) is 6.57.